The van der Waals surface area contributed by atoms with Gasteiger partial charge < -0.3 is 14.4 Å². The summed E-state index contributed by atoms with van der Waals surface area (Å²) in [7, 11) is 1.56. The Morgan fingerprint density at radius 1 is 1.14 bits per heavy atom. The van der Waals surface area contributed by atoms with Crippen molar-refractivity contribution < 1.29 is 19.1 Å². The molecule has 4 rings (SSSR count). The van der Waals surface area contributed by atoms with Gasteiger partial charge in [0.15, 0.2) is 5.01 Å². The molecule has 2 amide bonds. The van der Waals surface area contributed by atoms with Gasteiger partial charge in [-0.2, -0.15) is 0 Å². The lowest BCUT2D eigenvalue weighted by molar-refractivity contribution is 0.0844. The summed E-state index contributed by atoms with van der Waals surface area (Å²) in [6.45, 7) is 2.83. The van der Waals surface area contributed by atoms with E-state index in [1.807, 2.05) is 12.1 Å². The third-order valence-corrected chi connectivity index (χ3v) is 5.52. The Bertz CT molecular complexity index is 1030. The number of pyridine rings is 1. The number of nitrogens with one attached hydrogen (secondary N) is 2. The zero-order valence-corrected chi connectivity index (χ0v) is 16.5. The summed E-state index contributed by atoms with van der Waals surface area (Å²) < 4.78 is 11.7. The third-order valence-electron chi connectivity index (χ3n) is 4.44. The number of ether oxygens (including phenoxy) is 2. The molecule has 1 aromatic carbocycles. The number of nitrogens with zero attached hydrogens (tertiary/aromatic N) is 3. The van der Waals surface area contributed by atoms with Crippen LogP contribution in [0.3, 0.4) is 0 Å². The van der Waals surface area contributed by atoms with Gasteiger partial charge in [-0.1, -0.05) is 6.07 Å². The summed E-state index contributed by atoms with van der Waals surface area (Å²) in [6.07, 6.45) is 1.50. The van der Waals surface area contributed by atoms with Crippen LogP contribution in [0.1, 0.15) is 20.3 Å². The molecule has 1 saturated heterocycles. The minimum atomic E-state index is -0.509. The summed E-state index contributed by atoms with van der Waals surface area (Å²) in [5.41, 5.74) is 6.55. The van der Waals surface area contributed by atoms with Crippen molar-refractivity contribution in [2.45, 2.75) is 0 Å². The standard InChI is InChI=1S/C19H19N5O4S/c1-27-14-6-5-13(24-8-10-28-11-9-24)16-15(14)21-19(29-16)18(26)23-22-17(25)12-4-2-3-7-20-12/h2-7H,8-11H2,1H3,(H,22,25)(H,23,26). The molecule has 2 aromatic heterocycles. The molecule has 0 radical (unpaired) electrons. The number of rotatable bonds is 4. The molecule has 1 aliphatic rings. The molecular formula is C19H19N5O4S. The second kappa shape index (κ2) is 8.41. The molecule has 3 heterocycles. The number of amides is 2. The Balaban J connectivity index is 1.57. The highest BCUT2D eigenvalue weighted by molar-refractivity contribution is 7.21. The number of benzene rings is 1. The normalized spacial score (nSPS) is 13.9. The number of morpholine rings is 1. The topological polar surface area (TPSA) is 106 Å². The lowest BCUT2D eigenvalue weighted by atomic mass is 10.2. The van der Waals surface area contributed by atoms with Crippen LogP contribution in [0, 0.1) is 0 Å². The molecule has 1 aliphatic heterocycles. The first kappa shape index (κ1) is 19.1. The van der Waals surface area contributed by atoms with Crippen molar-refractivity contribution in [3.63, 3.8) is 0 Å². The number of hydrogen-bond acceptors (Lipinski definition) is 8. The molecule has 2 N–H and O–H groups in total. The molecule has 0 bridgehead atoms. The molecule has 9 nitrogen and oxygen atoms in total. The van der Waals surface area contributed by atoms with E-state index >= 15 is 0 Å². The number of fused-ring (bicyclic) bond motifs is 1. The van der Waals surface area contributed by atoms with Gasteiger partial charge >= 0.3 is 0 Å². The minimum Gasteiger partial charge on any atom is -0.494 e. The predicted molar refractivity (Wildman–Crippen MR) is 108 cm³/mol. The van der Waals surface area contributed by atoms with Crippen molar-refractivity contribution in [2.75, 3.05) is 38.3 Å². The van der Waals surface area contributed by atoms with E-state index in [4.69, 9.17) is 9.47 Å². The number of carbonyl (C=O) groups is 2. The van der Waals surface area contributed by atoms with Crippen molar-refractivity contribution >= 4 is 39.1 Å². The Labute approximate surface area is 170 Å². The summed E-state index contributed by atoms with van der Waals surface area (Å²) in [6, 6.07) is 8.76. The first-order valence-electron chi connectivity index (χ1n) is 8.99. The quantitative estimate of drug-likeness (QED) is 0.626. The molecule has 0 atom stereocenters. The molecule has 29 heavy (non-hydrogen) atoms. The highest BCUT2D eigenvalue weighted by Crippen LogP contribution is 2.37. The van der Waals surface area contributed by atoms with Gasteiger partial charge in [-0.25, -0.2) is 4.98 Å². The Morgan fingerprint density at radius 3 is 2.66 bits per heavy atom. The van der Waals surface area contributed by atoms with E-state index in [1.165, 1.54) is 17.5 Å². The van der Waals surface area contributed by atoms with Gasteiger partial charge in [0.25, 0.3) is 11.8 Å². The maximum atomic E-state index is 12.6. The zero-order chi connectivity index (χ0) is 20.2. The van der Waals surface area contributed by atoms with Gasteiger partial charge in [0, 0.05) is 19.3 Å². The lowest BCUT2D eigenvalue weighted by Gasteiger charge is -2.29. The predicted octanol–water partition coefficient (Wildman–Crippen LogP) is 1.61. The number of aromatic nitrogens is 2. The Kier molecular flexibility index (Phi) is 5.54. The summed E-state index contributed by atoms with van der Waals surface area (Å²) in [5.74, 6) is -0.429. The van der Waals surface area contributed by atoms with Crippen molar-refractivity contribution in [1.82, 2.24) is 20.8 Å². The van der Waals surface area contributed by atoms with Crippen molar-refractivity contribution in [3.05, 3.63) is 47.2 Å². The van der Waals surface area contributed by atoms with Gasteiger partial charge in [0.1, 0.15) is 17.0 Å². The third kappa shape index (κ3) is 3.98. The van der Waals surface area contributed by atoms with E-state index in [2.05, 4.69) is 25.7 Å². The van der Waals surface area contributed by atoms with E-state index in [-0.39, 0.29) is 10.7 Å². The van der Waals surface area contributed by atoms with E-state index in [0.717, 1.165) is 23.5 Å². The Morgan fingerprint density at radius 2 is 1.93 bits per heavy atom. The molecule has 0 saturated carbocycles. The van der Waals surface area contributed by atoms with Crippen molar-refractivity contribution in [3.8, 4) is 5.75 Å². The maximum Gasteiger partial charge on any atom is 0.298 e. The van der Waals surface area contributed by atoms with Gasteiger partial charge in [0.2, 0.25) is 0 Å². The molecular weight excluding hydrogens is 394 g/mol. The highest BCUT2D eigenvalue weighted by atomic mass is 32.1. The average molecular weight is 413 g/mol. The number of hydrazine groups is 1. The van der Waals surface area contributed by atoms with Crippen LogP contribution < -0.4 is 20.5 Å². The first-order chi connectivity index (χ1) is 14.2. The average Bonchev–Trinajstić information content (AvgIpc) is 3.23. The Hall–Kier alpha value is -3.24. The van der Waals surface area contributed by atoms with Crippen LogP contribution in [0.5, 0.6) is 5.75 Å². The fourth-order valence-corrected chi connectivity index (χ4v) is 4.03. The van der Waals surface area contributed by atoms with E-state index in [1.54, 1.807) is 25.3 Å². The monoisotopic (exact) mass is 413 g/mol. The maximum absolute atomic E-state index is 12.6. The van der Waals surface area contributed by atoms with Crippen LogP contribution in [0.25, 0.3) is 10.2 Å². The summed E-state index contributed by atoms with van der Waals surface area (Å²) in [5, 5.41) is 0.223. The van der Waals surface area contributed by atoms with Crippen LogP contribution in [-0.4, -0.2) is 55.2 Å². The largest absolute Gasteiger partial charge is 0.494 e. The SMILES string of the molecule is COc1ccc(N2CCOCC2)c2sc(C(=O)NNC(=O)c3ccccn3)nc12. The molecule has 0 unspecified atom stereocenters. The number of thiazole rings is 1. The van der Waals surface area contributed by atoms with Crippen LogP contribution in [0.2, 0.25) is 0 Å². The molecule has 0 aliphatic carbocycles. The van der Waals surface area contributed by atoms with Crippen LogP contribution >= 0.6 is 11.3 Å². The van der Waals surface area contributed by atoms with Gasteiger partial charge in [-0.3, -0.25) is 25.4 Å². The number of hydrogen-bond donors (Lipinski definition) is 2. The van der Waals surface area contributed by atoms with Crippen molar-refractivity contribution in [1.29, 1.82) is 0 Å². The fraction of sp³-hybridized carbons (Fsp3) is 0.263. The van der Waals surface area contributed by atoms with Crippen LogP contribution in [0.4, 0.5) is 5.69 Å². The van der Waals surface area contributed by atoms with E-state index < -0.39 is 11.8 Å². The van der Waals surface area contributed by atoms with Gasteiger partial charge in [-0.05, 0) is 24.3 Å². The van der Waals surface area contributed by atoms with Crippen LogP contribution in [-0.2, 0) is 4.74 Å². The van der Waals surface area contributed by atoms with E-state index in [0.29, 0.717) is 24.5 Å². The number of carbonyl (C=O) groups excluding carboxylic acids is 2. The van der Waals surface area contributed by atoms with Crippen LogP contribution in [0.15, 0.2) is 36.5 Å². The zero-order valence-electron chi connectivity index (χ0n) is 15.7. The second-order valence-corrected chi connectivity index (χ2v) is 7.21. The summed E-state index contributed by atoms with van der Waals surface area (Å²) in [4.78, 5) is 35.2. The minimum absolute atomic E-state index is 0.202. The molecule has 0 spiro atoms. The smallest absolute Gasteiger partial charge is 0.298 e. The first-order valence-corrected chi connectivity index (χ1v) is 9.81. The number of anilines is 1. The molecule has 10 heteroatoms. The lowest BCUT2D eigenvalue weighted by Crippen LogP contribution is -2.41. The number of methoxy groups -OCH3 is 1. The second-order valence-electron chi connectivity index (χ2n) is 6.21. The van der Waals surface area contributed by atoms with Gasteiger partial charge in [0.05, 0.1) is 30.7 Å². The van der Waals surface area contributed by atoms with Crippen molar-refractivity contribution in [2.24, 2.45) is 0 Å². The molecule has 3 aromatic rings. The fourth-order valence-electron chi connectivity index (χ4n) is 3.01. The highest BCUT2D eigenvalue weighted by Gasteiger charge is 2.21. The molecule has 150 valence electrons. The van der Waals surface area contributed by atoms with E-state index in [9.17, 15) is 9.59 Å². The summed E-state index contributed by atoms with van der Waals surface area (Å²) >= 11 is 1.25. The van der Waals surface area contributed by atoms with Gasteiger partial charge in [-0.15, -0.1) is 11.3 Å². The molecule has 1 fully saturated rings.